The highest BCUT2D eigenvalue weighted by Gasteiger charge is 2.30. The molecule has 0 aliphatic rings. The molecule has 0 aromatic heterocycles. The predicted molar refractivity (Wildman–Crippen MR) is 104 cm³/mol. The number of benzene rings is 2. The number of methoxy groups -OCH3 is 1. The van der Waals surface area contributed by atoms with Gasteiger partial charge in [0.25, 0.3) is 5.91 Å². The van der Waals surface area contributed by atoms with Gasteiger partial charge in [0, 0.05) is 11.3 Å². The minimum absolute atomic E-state index is 0.278. The lowest BCUT2D eigenvalue weighted by Gasteiger charge is -2.22. The van der Waals surface area contributed by atoms with Gasteiger partial charge < -0.3 is 19.7 Å². The van der Waals surface area contributed by atoms with E-state index in [-0.39, 0.29) is 5.91 Å². The highest BCUT2D eigenvalue weighted by Crippen LogP contribution is 2.30. The second-order valence-electron chi connectivity index (χ2n) is 6.73. The van der Waals surface area contributed by atoms with Crippen molar-refractivity contribution >= 4 is 11.6 Å². The van der Waals surface area contributed by atoms with Crippen LogP contribution in [0.5, 0.6) is 11.5 Å². The van der Waals surface area contributed by atoms with Gasteiger partial charge in [-0.2, -0.15) is 13.2 Å². The van der Waals surface area contributed by atoms with Crippen molar-refractivity contribution in [3.8, 4) is 11.5 Å². The van der Waals surface area contributed by atoms with Gasteiger partial charge in [0.05, 0.1) is 26.3 Å². The van der Waals surface area contributed by atoms with E-state index in [4.69, 9.17) is 9.47 Å². The molecule has 2 atom stereocenters. The molecule has 1 unspecified atom stereocenters. The lowest BCUT2D eigenvalue weighted by atomic mass is 10.1. The van der Waals surface area contributed by atoms with Crippen molar-refractivity contribution in [1.82, 2.24) is 0 Å². The number of quaternary nitrogens is 1. The third kappa shape index (κ3) is 6.12. The molecule has 29 heavy (non-hydrogen) atoms. The van der Waals surface area contributed by atoms with Crippen LogP contribution in [0.1, 0.15) is 25.0 Å². The van der Waals surface area contributed by atoms with Crippen LogP contribution in [-0.4, -0.2) is 32.7 Å². The summed E-state index contributed by atoms with van der Waals surface area (Å²) in [6.45, 7) is 4.75. The highest BCUT2D eigenvalue weighted by atomic mass is 19.4. The minimum Gasteiger partial charge on any atom is -0.493 e. The molecule has 0 aliphatic heterocycles. The fourth-order valence-corrected chi connectivity index (χ4v) is 2.79. The molecule has 2 rings (SSSR count). The first-order chi connectivity index (χ1) is 13.7. The van der Waals surface area contributed by atoms with E-state index in [0.29, 0.717) is 30.3 Å². The van der Waals surface area contributed by atoms with E-state index in [1.807, 2.05) is 32.2 Å². The Morgan fingerprint density at radius 1 is 1.14 bits per heavy atom. The maximum absolute atomic E-state index is 12.6. The van der Waals surface area contributed by atoms with Gasteiger partial charge in [0.1, 0.15) is 6.54 Å². The van der Waals surface area contributed by atoms with Crippen LogP contribution in [0.4, 0.5) is 18.9 Å². The van der Waals surface area contributed by atoms with Gasteiger partial charge in [-0.25, -0.2) is 0 Å². The van der Waals surface area contributed by atoms with Crippen LogP contribution in [0.15, 0.2) is 42.5 Å². The van der Waals surface area contributed by atoms with Gasteiger partial charge in [0.15, 0.2) is 17.5 Å². The molecule has 0 saturated heterocycles. The van der Waals surface area contributed by atoms with Crippen LogP contribution in [0.3, 0.4) is 0 Å². The Bertz CT molecular complexity index is 823. The predicted octanol–water partition coefficient (Wildman–Crippen LogP) is 3.15. The average Bonchev–Trinajstić information content (AvgIpc) is 2.68. The second-order valence-corrected chi connectivity index (χ2v) is 6.73. The largest absolute Gasteiger partial charge is 0.493 e. The SMILES string of the molecule is CCOc1ccc(C[NH+](C)[C@@H](C)C(=O)Nc2ccc(C(F)(F)F)cc2)cc1OC. The molecule has 2 aromatic rings. The van der Waals surface area contributed by atoms with Crippen molar-refractivity contribution < 1.29 is 32.3 Å². The zero-order valence-electron chi connectivity index (χ0n) is 16.9. The van der Waals surface area contributed by atoms with Gasteiger partial charge in [-0.1, -0.05) is 0 Å². The number of carbonyl (C=O) groups excluding carboxylic acids is 1. The number of hydrogen-bond donors (Lipinski definition) is 2. The lowest BCUT2D eigenvalue weighted by molar-refractivity contribution is -0.907. The van der Waals surface area contributed by atoms with Crippen LogP contribution >= 0.6 is 0 Å². The molecule has 0 fully saturated rings. The number of likely N-dealkylation sites (N-methyl/N-ethyl adjacent to an activating group) is 1. The van der Waals surface area contributed by atoms with Crippen molar-refractivity contribution in [1.29, 1.82) is 0 Å². The Morgan fingerprint density at radius 3 is 2.34 bits per heavy atom. The van der Waals surface area contributed by atoms with Crippen LogP contribution in [0.2, 0.25) is 0 Å². The van der Waals surface area contributed by atoms with Crippen LogP contribution in [0, 0.1) is 0 Å². The quantitative estimate of drug-likeness (QED) is 0.702. The molecule has 0 heterocycles. The number of anilines is 1. The molecular weight excluding hydrogens is 385 g/mol. The third-order valence-electron chi connectivity index (χ3n) is 4.62. The maximum Gasteiger partial charge on any atom is 0.416 e. The summed E-state index contributed by atoms with van der Waals surface area (Å²) < 4.78 is 48.8. The molecule has 0 aliphatic carbocycles. The van der Waals surface area contributed by atoms with E-state index >= 15 is 0 Å². The van der Waals surface area contributed by atoms with Crippen molar-refractivity contribution in [3.05, 3.63) is 53.6 Å². The van der Waals surface area contributed by atoms with Crippen molar-refractivity contribution in [2.45, 2.75) is 32.6 Å². The van der Waals surface area contributed by atoms with Crippen molar-refractivity contribution in [3.63, 3.8) is 0 Å². The number of halogens is 3. The van der Waals surface area contributed by atoms with Gasteiger partial charge in [0.2, 0.25) is 0 Å². The molecule has 158 valence electrons. The van der Waals surface area contributed by atoms with E-state index in [9.17, 15) is 18.0 Å². The molecule has 0 bridgehead atoms. The smallest absolute Gasteiger partial charge is 0.416 e. The summed E-state index contributed by atoms with van der Waals surface area (Å²) in [5.74, 6) is 1.00. The Hall–Kier alpha value is -2.74. The Balaban J connectivity index is 2.00. The van der Waals surface area contributed by atoms with E-state index in [1.54, 1.807) is 14.0 Å². The summed E-state index contributed by atoms with van der Waals surface area (Å²) in [6, 6.07) is 9.59. The topological polar surface area (TPSA) is 52.0 Å². The van der Waals surface area contributed by atoms with Crippen molar-refractivity contribution in [2.24, 2.45) is 0 Å². The number of amides is 1. The van der Waals surface area contributed by atoms with E-state index < -0.39 is 17.8 Å². The standard InChI is InChI=1S/C21H25F3N2O3/c1-5-29-18-11-6-15(12-19(18)28-4)13-26(3)14(2)20(27)25-17-9-7-16(8-10-17)21(22,23)24/h6-12,14H,5,13H2,1-4H3,(H,25,27)/p+1/t14-/m0/s1. The van der Waals surface area contributed by atoms with E-state index in [1.165, 1.54) is 12.1 Å². The summed E-state index contributed by atoms with van der Waals surface area (Å²) in [7, 11) is 3.44. The summed E-state index contributed by atoms with van der Waals surface area (Å²) in [6.07, 6.45) is -4.40. The Morgan fingerprint density at radius 2 is 1.79 bits per heavy atom. The number of rotatable bonds is 8. The highest BCUT2D eigenvalue weighted by molar-refractivity contribution is 5.93. The van der Waals surface area contributed by atoms with Crippen LogP contribution in [-0.2, 0) is 17.5 Å². The lowest BCUT2D eigenvalue weighted by Crippen LogP contribution is -3.12. The first-order valence-electron chi connectivity index (χ1n) is 9.25. The number of alkyl halides is 3. The van der Waals surface area contributed by atoms with Crippen LogP contribution in [0.25, 0.3) is 0 Å². The Kier molecular flexibility index (Phi) is 7.50. The molecule has 2 N–H and O–H groups in total. The van der Waals surface area contributed by atoms with Crippen LogP contribution < -0.4 is 19.7 Å². The van der Waals surface area contributed by atoms with Gasteiger partial charge in [-0.15, -0.1) is 0 Å². The molecule has 5 nitrogen and oxygen atoms in total. The minimum atomic E-state index is -4.40. The molecule has 0 radical (unpaired) electrons. The van der Waals surface area contributed by atoms with Crippen molar-refractivity contribution in [2.75, 3.05) is 26.1 Å². The summed E-state index contributed by atoms with van der Waals surface area (Å²) in [5, 5.41) is 2.66. The molecule has 1 amide bonds. The average molecular weight is 411 g/mol. The van der Waals surface area contributed by atoms with Gasteiger partial charge in [-0.05, 0) is 56.3 Å². The molecule has 2 aromatic carbocycles. The fourth-order valence-electron chi connectivity index (χ4n) is 2.79. The molecule has 0 spiro atoms. The summed E-state index contributed by atoms with van der Waals surface area (Å²) in [4.78, 5) is 13.4. The monoisotopic (exact) mass is 411 g/mol. The van der Waals surface area contributed by atoms with E-state index in [2.05, 4.69) is 5.32 Å². The summed E-state index contributed by atoms with van der Waals surface area (Å²) in [5.41, 5.74) is 0.540. The summed E-state index contributed by atoms with van der Waals surface area (Å²) >= 11 is 0. The first-order valence-corrected chi connectivity index (χ1v) is 9.25. The van der Waals surface area contributed by atoms with Gasteiger partial charge >= 0.3 is 6.18 Å². The second kappa shape index (κ2) is 9.65. The molecule has 8 heteroatoms. The zero-order chi connectivity index (χ0) is 21.6. The van der Waals surface area contributed by atoms with E-state index in [0.717, 1.165) is 22.6 Å². The number of nitrogens with one attached hydrogen (secondary N) is 2. The normalized spacial score (nSPS) is 13.5. The fraction of sp³-hybridized carbons (Fsp3) is 0.381. The Labute approximate surface area is 168 Å². The molecular formula is C21H26F3N2O3+. The third-order valence-corrected chi connectivity index (χ3v) is 4.62. The number of carbonyl (C=O) groups is 1. The number of hydrogen-bond acceptors (Lipinski definition) is 3. The first kappa shape index (κ1) is 22.5. The number of ether oxygens (including phenoxy) is 2. The zero-order valence-corrected chi connectivity index (χ0v) is 16.9. The van der Waals surface area contributed by atoms with Gasteiger partial charge in [-0.3, -0.25) is 4.79 Å². The molecule has 0 saturated carbocycles. The maximum atomic E-state index is 12.6.